The van der Waals surface area contributed by atoms with Crippen molar-refractivity contribution in [1.29, 1.82) is 0 Å². The maximum absolute atomic E-state index is 5.85. The van der Waals surface area contributed by atoms with Gasteiger partial charge >= 0.3 is 0 Å². The number of ether oxygens (including phenoxy) is 1. The molecule has 0 saturated carbocycles. The van der Waals surface area contributed by atoms with Crippen LogP contribution in [0.4, 0.5) is 0 Å². The van der Waals surface area contributed by atoms with Crippen molar-refractivity contribution in [2.24, 2.45) is 0 Å². The molecule has 0 amide bonds. The van der Waals surface area contributed by atoms with Gasteiger partial charge in [0.05, 0.1) is 18.2 Å². The van der Waals surface area contributed by atoms with Crippen molar-refractivity contribution < 1.29 is 9.26 Å². The van der Waals surface area contributed by atoms with Gasteiger partial charge in [0.1, 0.15) is 5.75 Å². The standard InChI is InChI=1S/C16H19N3O2/c1-4-16-17-15(18-21-16)10-19-9-8-12-13(19)6-5-7-14(12)20-11(2)3/h5-9,11H,4,10H2,1-3H3. The van der Waals surface area contributed by atoms with E-state index >= 15 is 0 Å². The Morgan fingerprint density at radius 1 is 1.29 bits per heavy atom. The lowest BCUT2D eigenvalue weighted by Gasteiger charge is -2.11. The Balaban J connectivity index is 1.93. The van der Waals surface area contributed by atoms with Crippen LogP contribution in [0.2, 0.25) is 0 Å². The molecule has 0 saturated heterocycles. The predicted octanol–water partition coefficient (Wildman–Crippen LogP) is 3.42. The third kappa shape index (κ3) is 2.77. The fourth-order valence-electron chi connectivity index (χ4n) is 2.34. The Morgan fingerprint density at radius 3 is 2.86 bits per heavy atom. The first-order valence-corrected chi connectivity index (χ1v) is 7.23. The highest BCUT2D eigenvalue weighted by Gasteiger charge is 2.10. The fourth-order valence-corrected chi connectivity index (χ4v) is 2.34. The molecule has 5 nitrogen and oxygen atoms in total. The van der Waals surface area contributed by atoms with Gasteiger partial charge in [0.2, 0.25) is 5.89 Å². The summed E-state index contributed by atoms with van der Waals surface area (Å²) >= 11 is 0. The lowest BCUT2D eigenvalue weighted by molar-refractivity contribution is 0.245. The van der Waals surface area contributed by atoms with E-state index in [2.05, 4.69) is 26.8 Å². The summed E-state index contributed by atoms with van der Waals surface area (Å²) in [7, 11) is 0. The van der Waals surface area contributed by atoms with Crippen LogP contribution in [0.3, 0.4) is 0 Å². The number of nitrogens with zero attached hydrogens (tertiary/aromatic N) is 3. The molecule has 5 heteroatoms. The minimum absolute atomic E-state index is 0.156. The first-order chi connectivity index (χ1) is 10.2. The van der Waals surface area contributed by atoms with Crippen molar-refractivity contribution in [3.05, 3.63) is 42.2 Å². The van der Waals surface area contributed by atoms with E-state index in [0.29, 0.717) is 18.3 Å². The minimum atomic E-state index is 0.156. The number of aryl methyl sites for hydroxylation is 1. The van der Waals surface area contributed by atoms with E-state index in [0.717, 1.165) is 23.1 Å². The Hall–Kier alpha value is -2.30. The minimum Gasteiger partial charge on any atom is -0.490 e. The van der Waals surface area contributed by atoms with E-state index in [4.69, 9.17) is 9.26 Å². The quantitative estimate of drug-likeness (QED) is 0.720. The molecular weight excluding hydrogens is 266 g/mol. The third-order valence-corrected chi connectivity index (χ3v) is 3.26. The van der Waals surface area contributed by atoms with Crippen molar-refractivity contribution in [3.63, 3.8) is 0 Å². The number of aromatic nitrogens is 3. The monoisotopic (exact) mass is 285 g/mol. The summed E-state index contributed by atoms with van der Waals surface area (Å²) in [6.45, 7) is 6.65. The van der Waals surface area contributed by atoms with Crippen LogP contribution >= 0.6 is 0 Å². The van der Waals surface area contributed by atoms with Gasteiger partial charge in [-0.25, -0.2) is 0 Å². The molecule has 21 heavy (non-hydrogen) atoms. The third-order valence-electron chi connectivity index (χ3n) is 3.26. The van der Waals surface area contributed by atoms with Gasteiger partial charge in [0.15, 0.2) is 5.82 Å². The lowest BCUT2D eigenvalue weighted by Crippen LogP contribution is -2.05. The number of rotatable bonds is 5. The molecule has 0 spiro atoms. The van der Waals surface area contributed by atoms with Crippen LogP contribution in [0.5, 0.6) is 5.75 Å². The predicted molar refractivity (Wildman–Crippen MR) is 80.5 cm³/mol. The normalized spacial score (nSPS) is 11.4. The second-order valence-electron chi connectivity index (χ2n) is 5.26. The SMILES string of the molecule is CCc1nc(Cn2ccc3c(OC(C)C)cccc32)no1. The molecule has 1 aromatic carbocycles. The van der Waals surface area contributed by atoms with Crippen molar-refractivity contribution in [2.45, 2.75) is 39.8 Å². The summed E-state index contributed by atoms with van der Waals surface area (Å²) in [4.78, 5) is 4.35. The zero-order chi connectivity index (χ0) is 14.8. The molecule has 3 aromatic rings. The van der Waals surface area contributed by atoms with E-state index in [1.54, 1.807) is 0 Å². The highest BCUT2D eigenvalue weighted by Crippen LogP contribution is 2.27. The van der Waals surface area contributed by atoms with Crippen molar-refractivity contribution in [2.75, 3.05) is 0 Å². The Morgan fingerprint density at radius 2 is 2.14 bits per heavy atom. The maximum Gasteiger partial charge on any atom is 0.226 e. The molecule has 0 fully saturated rings. The average molecular weight is 285 g/mol. The van der Waals surface area contributed by atoms with Gasteiger partial charge < -0.3 is 13.8 Å². The van der Waals surface area contributed by atoms with E-state index < -0.39 is 0 Å². The first-order valence-electron chi connectivity index (χ1n) is 7.23. The molecule has 0 atom stereocenters. The molecule has 0 bridgehead atoms. The second-order valence-corrected chi connectivity index (χ2v) is 5.26. The first kappa shape index (κ1) is 13.7. The summed E-state index contributed by atoms with van der Waals surface area (Å²) in [5, 5.41) is 5.10. The molecule has 0 radical (unpaired) electrons. The van der Waals surface area contributed by atoms with Gasteiger partial charge in [-0.05, 0) is 32.0 Å². The molecule has 0 N–H and O–H groups in total. The molecule has 0 aliphatic carbocycles. The van der Waals surface area contributed by atoms with Gasteiger partial charge in [0, 0.05) is 18.0 Å². The summed E-state index contributed by atoms with van der Waals surface area (Å²) in [5.74, 6) is 2.27. The molecule has 2 heterocycles. The van der Waals surface area contributed by atoms with Crippen molar-refractivity contribution >= 4 is 10.9 Å². The number of fused-ring (bicyclic) bond motifs is 1. The largest absolute Gasteiger partial charge is 0.490 e. The van der Waals surface area contributed by atoms with Crippen LogP contribution in [0.15, 0.2) is 35.0 Å². The average Bonchev–Trinajstić information content (AvgIpc) is 3.07. The lowest BCUT2D eigenvalue weighted by atomic mass is 10.2. The number of benzene rings is 1. The molecule has 0 aliphatic heterocycles. The van der Waals surface area contributed by atoms with Crippen LogP contribution in [-0.4, -0.2) is 20.8 Å². The van der Waals surface area contributed by atoms with Crippen molar-refractivity contribution in [1.82, 2.24) is 14.7 Å². The summed E-state index contributed by atoms with van der Waals surface area (Å²) in [5.41, 5.74) is 1.11. The molecule has 3 rings (SSSR count). The van der Waals surface area contributed by atoms with E-state index in [9.17, 15) is 0 Å². The zero-order valence-electron chi connectivity index (χ0n) is 12.5. The molecule has 0 aliphatic rings. The summed E-state index contributed by atoms with van der Waals surface area (Å²) in [6, 6.07) is 8.14. The van der Waals surface area contributed by atoms with Gasteiger partial charge in [-0.3, -0.25) is 0 Å². The van der Waals surface area contributed by atoms with Gasteiger partial charge in [0.25, 0.3) is 0 Å². The number of hydrogen-bond acceptors (Lipinski definition) is 4. The fraction of sp³-hybridized carbons (Fsp3) is 0.375. The molecule has 2 aromatic heterocycles. The van der Waals surface area contributed by atoms with Crippen LogP contribution < -0.4 is 4.74 Å². The number of hydrogen-bond donors (Lipinski definition) is 0. The Kier molecular flexibility index (Phi) is 3.64. The van der Waals surface area contributed by atoms with Crippen LogP contribution in [-0.2, 0) is 13.0 Å². The molecular formula is C16H19N3O2. The highest BCUT2D eigenvalue weighted by atomic mass is 16.5. The van der Waals surface area contributed by atoms with E-state index in [-0.39, 0.29) is 6.10 Å². The van der Waals surface area contributed by atoms with Crippen molar-refractivity contribution in [3.8, 4) is 5.75 Å². The summed E-state index contributed by atoms with van der Waals surface area (Å²) in [6.07, 6.45) is 2.94. The summed E-state index contributed by atoms with van der Waals surface area (Å²) < 4.78 is 13.1. The molecule has 110 valence electrons. The van der Waals surface area contributed by atoms with Gasteiger partial charge in [-0.1, -0.05) is 18.1 Å². The topological polar surface area (TPSA) is 53.1 Å². The molecule has 0 unspecified atom stereocenters. The van der Waals surface area contributed by atoms with Crippen LogP contribution in [0, 0.1) is 0 Å². The van der Waals surface area contributed by atoms with Gasteiger partial charge in [-0.2, -0.15) is 4.98 Å². The zero-order valence-corrected chi connectivity index (χ0v) is 12.5. The van der Waals surface area contributed by atoms with Crippen LogP contribution in [0.1, 0.15) is 32.5 Å². The van der Waals surface area contributed by atoms with Gasteiger partial charge in [-0.15, -0.1) is 0 Å². The van der Waals surface area contributed by atoms with E-state index in [1.165, 1.54) is 0 Å². The van der Waals surface area contributed by atoms with E-state index in [1.807, 2.05) is 39.1 Å². The van der Waals surface area contributed by atoms with Crippen LogP contribution in [0.25, 0.3) is 10.9 Å². The smallest absolute Gasteiger partial charge is 0.226 e. The Bertz CT molecular complexity index is 743. The Labute approximate surface area is 123 Å². The second kappa shape index (κ2) is 5.60. The maximum atomic E-state index is 5.85. The highest BCUT2D eigenvalue weighted by molar-refractivity contribution is 5.86.